The largest absolute Gasteiger partial charge is 0.546 e. The second-order valence-electron chi connectivity index (χ2n) is 2.70. The van der Waals surface area contributed by atoms with Gasteiger partial charge in [-0.05, 0) is 12.8 Å². The van der Waals surface area contributed by atoms with E-state index in [1.54, 1.807) is 6.61 Å². The van der Waals surface area contributed by atoms with Crippen LogP contribution in [0.25, 0.3) is 0 Å². The van der Waals surface area contributed by atoms with Crippen LogP contribution in [0.4, 0.5) is 0 Å². The fraction of sp³-hybridized carbons (Fsp3) is 0.667. The van der Waals surface area contributed by atoms with E-state index in [9.17, 15) is 0 Å². The van der Waals surface area contributed by atoms with Crippen LogP contribution in [0.1, 0.15) is 26.2 Å². The Kier molecular flexibility index (Phi) is 11.2. The predicted molar refractivity (Wildman–Crippen MR) is 47.6 cm³/mol. The van der Waals surface area contributed by atoms with Crippen molar-refractivity contribution in [1.82, 2.24) is 0 Å². The van der Waals surface area contributed by atoms with E-state index in [2.05, 4.69) is 6.58 Å². The van der Waals surface area contributed by atoms with Gasteiger partial charge in [-0.1, -0.05) is 13.5 Å². The fourth-order valence-corrected chi connectivity index (χ4v) is 1.10. The van der Waals surface area contributed by atoms with Crippen LogP contribution in [0.5, 0.6) is 0 Å². The summed E-state index contributed by atoms with van der Waals surface area (Å²) in [5, 5.41) is 16.2. The molecule has 0 aliphatic carbocycles. The van der Waals surface area contributed by atoms with Gasteiger partial charge in [0.2, 0.25) is 0 Å². The number of ether oxygens (including phenoxy) is 1. The van der Waals surface area contributed by atoms with Crippen LogP contribution in [0.15, 0.2) is 12.8 Å². The molecule has 0 bridgehead atoms. The molecule has 0 radical (unpaired) electrons. The first-order chi connectivity index (χ1) is 5.74. The molecule has 1 saturated heterocycles. The average molecular weight is 411 g/mol. The molecule has 0 spiro atoms. The molecule has 0 aromatic rings. The Hall–Kier alpha value is 0.512. The van der Waals surface area contributed by atoms with Crippen molar-refractivity contribution in [3.8, 4) is 0 Å². The Morgan fingerprint density at radius 1 is 1.69 bits per heavy atom. The second-order valence-corrected chi connectivity index (χ2v) is 2.70. The third-order valence-corrected chi connectivity index (χ3v) is 1.98. The van der Waals surface area contributed by atoms with E-state index in [-0.39, 0.29) is 43.3 Å². The molecule has 76 valence electrons. The van der Waals surface area contributed by atoms with Gasteiger partial charge in [-0.25, -0.2) is 6.61 Å². The molecule has 13 heavy (non-hydrogen) atoms. The van der Waals surface area contributed by atoms with E-state index < -0.39 is 0 Å². The maximum atomic E-state index is 8.87. The topological polar surface area (TPSA) is 49.7 Å². The first kappa shape index (κ1) is 16.0. The Balaban J connectivity index is 0. The third kappa shape index (κ3) is 5.75. The minimum absolute atomic E-state index is 0. The molecule has 1 unspecified atom stereocenters. The summed E-state index contributed by atoms with van der Waals surface area (Å²) in [6.07, 6.45) is 3.61. The molecule has 3 nitrogen and oxygen atoms in total. The van der Waals surface area contributed by atoms with Crippen molar-refractivity contribution in [3.63, 3.8) is 0 Å². The van der Waals surface area contributed by atoms with Crippen molar-refractivity contribution < 1.29 is 46.1 Å². The van der Waals surface area contributed by atoms with Gasteiger partial charge in [-0.3, -0.25) is 0 Å². The van der Waals surface area contributed by atoms with Crippen molar-refractivity contribution in [3.05, 3.63) is 19.4 Å². The molecule has 0 amide bonds. The normalized spacial score (nSPS) is 25.4. The van der Waals surface area contributed by atoms with E-state index in [1.807, 2.05) is 6.92 Å². The van der Waals surface area contributed by atoms with Crippen molar-refractivity contribution >= 4 is 0 Å². The molecule has 1 aliphatic heterocycles. The average Bonchev–Trinajstić information content (AvgIpc) is 2.55. The van der Waals surface area contributed by atoms with E-state index in [1.165, 1.54) is 0 Å². The van der Waals surface area contributed by atoms with Crippen LogP contribution in [0, 0.1) is 37.7 Å². The van der Waals surface area contributed by atoms with Crippen LogP contribution in [-0.4, -0.2) is 22.4 Å². The van der Waals surface area contributed by atoms with Crippen molar-refractivity contribution in [2.75, 3.05) is 6.61 Å². The van der Waals surface area contributed by atoms with Crippen molar-refractivity contribution in [2.24, 2.45) is 0 Å². The SMILES string of the molecule is C=CO.CCC1(CO)CC[CH-]O1.[U]. The van der Waals surface area contributed by atoms with Gasteiger partial charge in [-0.15, -0.1) is 0 Å². The Morgan fingerprint density at radius 3 is 2.38 bits per heavy atom. The summed E-state index contributed by atoms with van der Waals surface area (Å²) in [5.41, 5.74) is -0.222. The van der Waals surface area contributed by atoms with Crippen LogP contribution in [-0.2, 0) is 4.74 Å². The summed E-state index contributed by atoms with van der Waals surface area (Å²) >= 11 is 0. The van der Waals surface area contributed by atoms with Gasteiger partial charge in [0, 0.05) is 31.1 Å². The van der Waals surface area contributed by atoms with E-state index in [4.69, 9.17) is 14.9 Å². The van der Waals surface area contributed by atoms with Gasteiger partial charge in [0.25, 0.3) is 0 Å². The minimum atomic E-state index is -0.222. The van der Waals surface area contributed by atoms with Crippen molar-refractivity contribution in [1.29, 1.82) is 0 Å². The summed E-state index contributed by atoms with van der Waals surface area (Å²) in [4.78, 5) is 0. The molecule has 1 heterocycles. The molecule has 4 heteroatoms. The molecule has 0 aromatic heterocycles. The summed E-state index contributed by atoms with van der Waals surface area (Å²) < 4.78 is 5.26. The molecule has 1 aliphatic rings. The number of hydrogen-bond acceptors (Lipinski definition) is 3. The Morgan fingerprint density at radius 2 is 2.23 bits per heavy atom. The molecule has 0 aromatic carbocycles. The third-order valence-electron chi connectivity index (χ3n) is 1.98. The van der Waals surface area contributed by atoms with Crippen LogP contribution >= 0.6 is 0 Å². The molecular formula is C9H17O3U-. The number of rotatable bonds is 2. The van der Waals surface area contributed by atoms with Gasteiger partial charge in [0.15, 0.2) is 0 Å². The Bertz CT molecular complexity index is 116. The minimum Gasteiger partial charge on any atom is -0.546 e. The van der Waals surface area contributed by atoms with Crippen LogP contribution in [0.3, 0.4) is 0 Å². The first-order valence-electron chi connectivity index (χ1n) is 4.10. The predicted octanol–water partition coefficient (Wildman–Crippen LogP) is 1.79. The van der Waals surface area contributed by atoms with Gasteiger partial charge in [-0.2, -0.15) is 6.42 Å². The number of aliphatic hydroxyl groups is 2. The molecule has 1 atom stereocenters. The first-order valence-corrected chi connectivity index (χ1v) is 4.10. The molecule has 1 fully saturated rings. The summed E-state index contributed by atoms with van der Waals surface area (Å²) in [5.74, 6) is 0. The fourth-order valence-electron chi connectivity index (χ4n) is 1.10. The van der Waals surface area contributed by atoms with Crippen LogP contribution in [0.2, 0.25) is 0 Å². The molecule has 0 saturated carbocycles. The number of aliphatic hydroxyl groups excluding tert-OH is 2. The van der Waals surface area contributed by atoms with Crippen LogP contribution < -0.4 is 0 Å². The standard InChI is InChI=1S/C7H13O2.C2H4O.U/c1-2-7(6-8)4-3-5-9-7;1-2-3;/h5,8H,2-4,6H2,1H3;2-3H,1H2;/q-1;;. The number of hydrogen-bond donors (Lipinski definition) is 2. The van der Waals surface area contributed by atoms with E-state index in [0.717, 1.165) is 25.5 Å². The summed E-state index contributed by atoms with van der Waals surface area (Å²) in [6.45, 7) is 6.90. The van der Waals surface area contributed by atoms with Gasteiger partial charge >= 0.3 is 0 Å². The van der Waals surface area contributed by atoms with Gasteiger partial charge in [0.05, 0.1) is 18.5 Å². The van der Waals surface area contributed by atoms with Gasteiger partial charge in [0.1, 0.15) is 0 Å². The van der Waals surface area contributed by atoms with Gasteiger partial charge < -0.3 is 14.9 Å². The molecule has 2 N–H and O–H groups in total. The molecule has 1 rings (SSSR count). The Labute approximate surface area is 104 Å². The molecular weight excluding hydrogens is 394 g/mol. The van der Waals surface area contributed by atoms with E-state index >= 15 is 0 Å². The monoisotopic (exact) mass is 411 g/mol. The zero-order chi connectivity index (χ0) is 9.45. The second kappa shape index (κ2) is 9.08. The maximum Gasteiger partial charge on any atom is 0.0719 e. The summed E-state index contributed by atoms with van der Waals surface area (Å²) in [6, 6.07) is 0. The van der Waals surface area contributed by atoms with Crippen molar-refractivity contribution in [2.45, 2.75) is 31.8 Å². The quantitative estimate of drug-likeness (QED) is 0.538. The smallest absolute Gasteiger partial charge is 0.0719 e. The summed E-state index contributed by atoms with van der Waals surface area (Å²) in [7, 11) is 0. The van der Waals surface area contributed by atoms with E-state index in [0.29, 0.717) is 0 Å². The zero-order valence-corrected chi connectivity index (χ0v) is 12.2. The maximum absolute atomic E-state index is 8.87. The zero-order valence-electron chi connectivity index (χ0n) is 7.99.